The zero-order valence-corrected chi connectivity index (χ0v) is 8.96. The van der Waals surface area contributed by atoms with E-state index >= 15 is 0 Å². The molecule has 1 aliphatic rings. The Morgan fingerprint density at radius 2 is 2.38 bits per heavy atom. The molecule has 3 nitrogen and oxygen atoms in total. The summed E-state index contributed by atoms with van der Waals surface area (Å²) in [4.78, 5) is 0. The Bertz CT molecular complexity index is 500. The number of H-pyrrole nitrogens is 1. The van der Waals surface area contributed by atoms with Crippen LogP contribution in [0.1, 0.15) is 18.5 Å². The Balaban J connectivity index is 1.91. The second-order valence-corrected chi connectivity index (χ2v) is 4.36. The maximum absolute atomic E-state index is 13.0. The maximum atomic E-state index is 13.0. The van der Waals surface area contributed by atoms with E-state index in [1.54, 1.807) is 6.07 Å². The van der Waals surface area contributed by atoms with Crippen LogP contribution in [0.15, 0.2) is 18.2 Å². The van der Waals surface area contributed by atoms with Crippen LogP contribution >= 0.6 is 0 Å². The fourth-order valence-corrected chi connectivity index (χ4v) is 2.37. The van der Waals surface area contributed by atoms with Gasteiger partial charge in [0.05, 0.1) is 5.52 Å². The highest BCUT2D eigenvalue weighted by atomic mass is 19.1. The molecule has 1 atom stereocenters. The second kappa shape index (κ2) is 3.87. The van der Waals surface area contributed by atoms with Crippen molar-refractivity contribution in [1.29, 1.82) is 0 Å². The van der Waals surface area contributed by atoms with Gasteiger partial charge in [-0.3, -0.25) is 5.10 Å². The van der Waals surface area contributed by atoms with E-state index in [9.17, 15) is 4.39 Å². The standard InChI is InChI=1S/C12H14FN3/c13-8-3-4-10-11(6-8)15-16-12(10)7-9-2-1-5-14-9/h3-4,6,9,14H,1-2,5,7H2,(H,15,16). The summed E-state index contributed by atoms with van der Waals surface area (Å²) in [6.45, 7) is 1.10. The number of nitrogens with zero attached hydrogens (tertiary/aromatic N) is 1. The molecule has 16 heavy (non-hydrogen) atoms. The number of hydrogen-bond donors (Lipinski definition) is 2. The van der Waals surface area contributed by atoms with Crippen molar-refractivity contribution in [2.45, 2.75) is 25.3 Å². The predicted molar refractivity (Wildman–Crippen MR) is 60.8 cm³/mol. The second-order valence-electron chi connectivity index (χ2n) is 4.36. The fourth-order valence-electron chi connectivity index (χ4n) is 2.37. The van der Waals surface area contributed by atoms with Crippen molar-refractivity contribution in [1.82, 2.24) is 15.5 Å². The molecule has 3 rings (SSSR count). The molecule has 1 aliphatic heterocycles. The summed E-state index contributed by atoms with van der Waals surface area (Å²) in [5, 5.41) is 11.6. The van der Waals surface area contributed by atoms with E-state index in [1.165, 1.54) is 25.0 Å². The van der Waals surface area contributed by atoms with Crippen LogP contribution in [0.3, 0.4) is 0 Å². The van der Waals surface area contributed by atoms with Gasteiger partial charge in [-0.05, 0) is 31.5 Å². The Morgan fingerprint density at radius 1 is 1.44 bits per heavy atom. The molecule has 1 aromatic carbocycles. The smallest absolute Gasteiger partial charge is 0.125 e. The molecule has 4 heteroatoms. The predicted octanol–water partition coefficient (Wildman–Crippen LogP) is 2.00. The molecule has 1 saturated heterocycles. The quantitative estimate of drug-likeness (QED) is 0.811. The van der Waals surface area contributed by atoms with Crippen LogP contribution in [-0.2, 0) is 6.42 Å². The lowest BCUT2D eigenvalue weighted by atomic mass is 10.1. The van der Waals surface area contributed by atoms with Crippen LogP contribution in [-0.4, -0.2) is 22.8 Å². The van der Waals surface area contributed by atoms with Crippen LogP contribution in [0.4, 0.5) is 4.39 Å². The fraction of sp³-hybridized carbons (Fsp3) is 0.417. The first-order valence-corrected chi connectivity index (χ1v) is 5.69. The van der Waals surface area contributed by atoms with E-state index < -0.39 is 0 Å². The van der Waals surface area contributed by atoms with Gasteiger partial charge in [0.25, 0.3) is 0 Å². The minimum absolute atomic E-state index is 0.232. The van der Waals surface area contributed by atoms with E-state index in [2.05, 4.69) is 15.5 Å². The van der Waals surface area contributed by atoms with Crippen molar-refractivity contribution in [2.24, 2.45) is 0 Å². The van der Waals surface area contributed by atoms with Crippen molar-refractivity contribution in [3.05, 3.63) is 29.7 Å². The number of aromatic amines is 1. The minimum Gasteiger partial charge on any atom is -0.314 e. The Hall–Kier alpha value is -1.42. The SMILES string of the molecule is Fc1ccc2c(CC3CCCN3)[nH]nc2c1. The summed E-state index contributed by atoms with van der Waals surface area (Å²) in [6, 6.07) is 5.30. The third-order valence-corrected chi connectivity index (χ3v) is 3.21. The van der Waals surface area contributed by atoms with Crippen molar-refractivity contribution < 1.29 is 4.39 Å². The van der Waals surface area contributed by atoms with Crippen LogP contribution in [0.2, 0.25) is 0 Å². The molecular formula is C12H14FN3. The van der Waals surface area contributed by atoms with Crippen molar-refractivity contribution in [3.63, 3.8) is 0 Å². The van der Waals surface area contributed by atoms with Gasteiger partial charge in [-0.2, -0.15) is 5.10 Å². The zero-order chi connectivity index (χ0) is 11.0. The topological polar surface area (TPSA) is 40.7 Å². The van der Waals surface area contributed by atoms with Gasteiger partial charge in [0.15, 0.2) is 0 Å². The number of hydrogen-bond acceptors (Lipinski definition) is 2. The average Bonchev–Trinajstić information content (AvgIpc) is 2.89. The number of rotatable bonds is 2. The third kappa shape index (κ3) is 1.69. The summed E-state index contributed by atoms with van der Waals surface area (Å²) in [7, 11) is 0. The highest BCUT2D eigenvalue weighted by Crippen LogP contribution is 2.20. The summed E-state index contributed by atoms with van der Waals surface area (Å²) in [6.07, 6.45) is 3.40. The highest BCUT2D eigenvalue weighted by molar-refractivity contribution is 5.81. The van der Waals surface area contributed by atoms with Crippen LogP contribution in [0.5, 0.6) is 0 Å². The van der Waals surface area contributed by atoms with Crippen molar-refractivity contribution >= 4 is 10.9 Å². The summed E-state index contributed by atoms with van der Waals surface area (Å²) in [5.41, 5.74) is 1.82. The number of benzene rings is 1. The van der Waals surface area contributed by atoms with E-state index in [1.807, 2.05) is 0 Å². The molecule has 0 amide bonds. The molecule has 0 aliphatic carbocycles. The lowest BCUT2D eigenvalue weighted by Gasteiger charge is -2.07. The maximum Gasteiger partial charge on any atom is 0.125 e. The van der Waals surface area contributed by atoms with E-state index in [0.717, 1.165) is 24.0 Å². The van der Waals surface area contributed by atoms with E-state index in [4.69, 9.17) is 0 Å². The molecule has 1 fully saturated rings. The monoisotopic (exact) mass is 219 g/mol. The number of aromatic nitrogens is 2. The van der Waals surface area contributed by atoms with Gasteiger partial charge in [-0.25, -0.2) is 4.39 Å². The molecule has 0 saturated carbocycles. The van der Waals surface area contributed by atoms with Gasteiger partial charge in [-0.1, -0.05) is 0 Å². The number of halogens is 1. The highest BCUT2D eigenvalue weighted by Gasteiger charge is 2.16. The van der Waals surface area contributed by atoms with Gasteiger partial charge in [0, 0.05) is 29.6 Å². The van der Waals surface area contributed by atoms with Gasteiger partial charge in [0.1, 0.15) is 5.82 Å². The van der Waals surface area contributed by atoms with Gasteiger partial charge >= 0.3 is 0 Å². The minimum atomic E-state index is -0.232. The van der Waals surface area contributed by atoms with Gasteiger partial charge in [0.2, 0.25) is 0 Å². The summed E-state index contributed by atoms with van der Waals surface area (Å²) in [5.74, 6) is -0.232. The lowest BCUT2D eigenvalue weighted by Crippen LogP contribution is -2.23. The van der Waals surface area contributed by atoms with E-state index in [0.29, 0.717) is 11.6 Å². The largest absolute Gasteiger partial charge is 0.314 e. The number of fused-ring (bicyclic) bond motifs is 1. The van der Waals surface area contributed by atoms with Crippen LogP contribution < -0.4 is 5.32 Å². The zero-order valence-electron chi connectivity index (χ0n) is 8.96. The van der Waals surface area contributed by atoms with Crippen LogP contribution in [0.25, 0.3) is 10.9 Å². The van der Waals surface area contributed by atoms with Crippen LogP contribution in [0, 0.1) is 5.82 Å². The Morgan fingerprint density at radius 3 is 3.19 bits per heavy atom. The first kappa shape index (κ1) is 9.78. The molecule has 2 heterocycles. The third-order valence-electron chi connectivity index (χ3n) is 3.21. The molecule has 0 spiro atoms. The average molecular weight is 219 g/mol. The summed E-state index contributed by atoms with van der Waals surface area (Å²) >= 11 is 0. The molecule has 2 N–H and O–H groups in total. The normalized spacial score (nSPS) is 20.7. The molecular weight excluding hydrogens is 205 g/mol. The Kier molecular flexibility index (Phi) is 2.36. The molecule has 0 radical (unpaired) electrons. The molecule has 0 bridgehead atoms. The van der Waals surface area contributed by atoms with Gasteiger partial charge in [-0.15, -0.1) is 0 Å². The molecule has 2 aromatic rings. The first-order chi connectivity index (χ1) is 7.83. The number of nitrogens with one attached hydrogen (secondary N) is 2. The van der Waals surface area contributed by atoms with Crippen molar-refractivity contribution in [2.75, 3.05) is 6.54 Å². The van der Waals surface area contributed by atoms with Crippen molar-refractivity contribution in [3.8, 4) is 0 Å². The molecule has 1 aromatic heterocycles. The summed E-state index contributed by atoms with van der Waals surface area (Å²) < 4.78 is 13.0. The first-order valence-electron chi connectivity index (χ1n) is 5.69. The molecule has 84 valence electrons. The lowest BCUT2D eigenvalue weighted by molar-refractivity contribution is 0.596. The molecule has 1 unspecified atom stereocenters. The van der Waals surface area contributed by atoms with E-state index in [-0.39, 0.29) is 5.82 Å². The van der Waals surface area contributed by atoms with Gasteiger partial charge < -0.3 is 5.32 Å². The Labute approximate surface area is 93.0 Å².